The predicted octanol–water partition coefficient (Wildman–Crippen LogP) is 9.86. The first-order valence-electron chi connectivity index (χ1n) is 19.1. The molecule has 0 amide bonds. The Hall–Kier alpha value is -1.02. The summed E-state index contributed by atoms with van der Waals surface area (Å²) in [6.07, 6.45) is 33.2. The Labute approximate surface area is 290 Å². The molecule has 9 heteroatoms. The van der Waals surface area contributed by atoms with Gasteiger partial charge in [0.2, 0.25) is 0 Å². The summed E-state index contributed by atoms with van der Waals surface area (Å²) >= 11 is 0. The highest BCUT2D eigenvalue weighted by Crippen LogP contribution is 2.38. The van der Waals surface area contributed by atoms with E-state index in [1.807, 2.05) is 21.1 Å². The Balaban J connectivity index is 4.30. The lowest BCUT2D eigenvalue weighted by Crippen LogP contribution is -2.37. The maximum absolute atomic E-state index is 12.6. The molecule has 0 aromatic carbocycles. The van der Waals surface area contributed by atoms with Crippen LogP contribution in [-0.4, -0.2) is 70.7 Å². The molecule has 0 radical (unpaired) electrons. The van der Waals surface area contributed by atoms with Gasteiger partial charge in [-0.15, -0.1) is 0 Å². The Morgan fingerprint density at radius 3 is 1.79 bits per heavy atom. The molecule has 2 atom stereocenters. The molecule has 0 heterocycles. The highest BCUT2D eigenvalue weighted by Gasteiger charge is 2.20. The number of rotatable bonds is 35. The molecule has 2 unspecified atom stereocenters. The fraction of sp³-hybridized carbons (Fsp3) is 0.868. The molecule has 0 rings (SSSR count). The van der Waals surface area contributed by atoms with Gasteiger partial charge >= 0.3 is 5.97 Å². The third-order valence-corrected chi connectivity index (χ3v) is 8.97. The van der Waals surface area contributed by atoms with Gasteiger partial charge in [0.1, 0.15) is 19.3 Å². The lowest BCUT2D eigenvalue weighted by atomic mass is 10.1. The van der Waals surface area contributed by atoms with Crippen molar-refractivity contribution in [1.29, 1.82) is 0 Å². The number of unbranched alkanes of at least 4 members (excludes halogenated alkanes) is 17. The van der Waals surface area contributed by atoms with Crippen molar-refractivity contribution in [3.63, 3.8) is 0 Å². The van der Waals surface area contributed by atoms with E-state index in [2.05, 4.69) is 38.2 Å². The Kier molecular flexibility index (Phi) is 31.5. The van der Waals surface area contributed by atoms with Gasteiger partial charge in [0.25, 0.3) is 7.82 Å². The predicted molar refractivity (Wildman–Crippen MR) is 194 cm³/mol. The number of likely N-dealkylation sites (N-methyl/N-ethyl adjacent to an activating group) is 1. The number of ether oxygens (including phenoxy) is 2. The molecular formula is C38H74NO7P. The fourth-order valence-electron chi connectivity index (χ4n) is 4.97. The van der Waals surface area contributed by atoms with Crippen LogP contribution in [0.2, 0.25) is 0 Å². The summed E-state index contributed by atoms with van der Waals surface area (Å²) < 4.78 is 34.4. The van der Waals surface area contributed by atoms with Gasteiger partial charge in [-0.2, -0.15) is 0 Å². The first kappa shape index (κ1) is 46.0. The van der Waals surface area contributed by atoms with Crippen molar-refractivity contribution >= 4 is 13.8 Å². The Bertz CT molecular complexity index is 812. The lowest BCUT2D eigenvalue weighted by molar-refractivity contribution is -0.870. The number of hydrogen-bond acceptors (Lipinski definition) is 7. The van der Waals surface area contributed by atoms with Gasteiger partial charge in [-0.05, 0) is 38.5 Å². The second kappa shape index (κ2) is 32.2. The van der Waals surface area contributed by atoms with Crippen molar-refractivity contribution in [2.75, 3.05) is 54.1 Å². The average Bonchev–Trinajstić information content (AvgIpc) is 3.01. The van der Waals surface area contributed by atoms with Gasteiger partial charge in [-0.1, -0.05) is 134 Å². The molecular weight excluding hydrogens is 613 g/mol. The molecule has 0 N–H and O–H groups in total. The zero-order valence-corrected chi connectivity index (χ0v) is 32.1. The minimum atomic E-state index is -4.51. The number of carbonyl (C=O) groups excluding carboxylic acids is 1. The van der Waals surface area contributed by atoms with E-state index in [-0.39, 0.29) is 25.8 Å². The van der Waals surface area contributed by atoms with Gasteiger partial charge in [0.15, 0.2) is 0 Å². The number of phosphoric acid groups is 1. The molecule has 0 saturated carbocycles. The summed E-state index contributed by atoms with van der Waals surface area (Å²) in [7, 11) is 1.35. The van der Waals surface area contributed by atoms with E-state index < -0.39 is 13.9 Å². The largest absolute Gasteiger partial charge is 0.756 e. The minimum absolute atomic E-state index is 0.0253. The summed E-state index contributed by atoms with van der Waals surface area (Å²) in [5, 5.41) is 0. The summed E-state index contributed by atoms with van der Waals surface area (Å²) in [5.41, 5.74) is 0. The van der Waals surface area contributed by atoms with Crippen LogP contribution in [0.3, 0.4) is 0 Å². The highest BCUT2D eigenvalue weighted by atomic mass is 31.2. The van der Waals surface area contributed by atoms with Crippen molar-refractivity contribution in [3.05, 3.63) is 24.3 Å². The van der Waals surface area contributed by atoms with Gasteiger partial charge in [-0.25, -0.2) is 0 Å². The summed E-state index contributed by atoms with van der Waals surface area (Å²) in [5.74, 6) is -0.341. The molecule has 0 bridgehead atoms. The summed E-state index contributed by atoms with van der Waals surface area (Å²) in [6, 6.07) is 0. The standard InChI is InChI=1S/C38H74NO7P/c1-6-8-10-12-14-16-18-19-20-21-22-24-26-28-30-33-43-35-37(36-45-47(41,42)44-34-32-39(3,4)5)46-38(40)31-29-27-25-23-17-15-13-11-9-7-2/h12,14,18-19,37H,6-11,13,15-17,20-36H2,1-5H3/b14-12-,19-18-. The molecule has 0 aromatic heterocycles. The number of allylic oxidation sites excluding steroid dienone is 4. The van der Waals surface area contributed by atoms with Crippen molar-refractivity contribution < 1.29 is 37.3 Å². The number of nitrogens with zero attached hydrogens (tertiary/aromatic N) is 1. The van der Waals surface area contributed by atoms with Crippen LogP contribution in [0.4, 0.5) is 0 Å². The Morgan fingerprint density at radius 2 is 1.19 bits per heavy atom. The van der Waals surface area contributed by atoms with E-state index in [1.165, 1.54) is 83.5 Å². The van der Waals surface area contributed by atoms with Gasteiger partial charge in [-0.3, -0.25) is 9.36 Å². The monoisotopic (exact) mass is 688 g/mol. The molecule has 0 spiro atoms. The van der Waals surface area contributed by atoms with E-state index in [4.69, 9.17) is 18.5 Å². The molecule has 0 fully saturated rings. The molecule has 0 saturated heterocycles. The third kappa shape index (κ3) is 36.1. The number of hydrogen-bond donors (Lipinski definition) is 0. The molecule has 0 aliphatic rings. The number of quaternary nitrogens is 1. The third-order valence-electron chi connectivity index (χ3n) is 8.01. The number of carbonyl (C=O) groups is 1. The van der Waals surface area contributed by atoms with E-state index in [0.717, 1.165) is 51.4 Å². The summed E-state index contributed by atoms with van der Waals surface area (Å²) in [4.78, 5) is 24.9. The highest BCUT2D eigenvalue weighted by molar-refractivity contribution is 7.45. The van der Waals surface area contributed by atoms with Crippen LogP contribution in [0.1, 0.15) is 155 Å². The van der Waals surface area contributed by atoms with Crippen LogP contribution >= 0.6 is 7.82 Å². The molecule has 0 aliphatic heterocycles. The van der Waals surface area contributed by atoms with Crippen molar-refractivity contribution in [2.24, 2.45) is 0 Å². The molecule has 0 aromatic rings. The van der Waals surface area contributed by atoms with E-state index in [1.54, 1.807) is 0 Å². The quantitative estimate of drug-likeness (QED) is 0.0215. The van der Waals surface area contributed by atoms with Gasteiger partial charge in [0, 0.05) is 13.0 Å². The SMILES string of the molecule is CCCC/C=C\C/C=C\CCCCCCCCOCC(COP(=O)([O-])OCC[N+](C)(C)C)OC(=O)CCCCCCCCCCCC. The maximum Gasteiger partial charge on any atom is 0.306 e. The van der Waals surface area contributed by atoms with E-state index in [0.29, 0.717) is 24.1 Å². The van der Waals surface area contributed by atoms with E-state index >= 15 is 0 Å². The molecule has 0 aliphatic carbocycles. The topological polar surface area (TPSA) is 94.1 Å². The van der Waals surface area contributed by atoms with Crippen molar-refractivity contribution in [1.82, 2.24) is 0 Å². The zero-order chi connectivity index (χ0) is 34.9. The number of esters is 1. The number of phosphoric ester groups is 1. The second-order valence-corrected chi connectivity index (χ2v) is 15.4. The average molecular weight is 688 g/mol. The van der Waals surface area contributed by atoms with Gasteiger partial charge < -0.3 is 27.9 Å². The first-order chi connectivity index (χ1) is 22.6. The molecule has 8 nitrogen and oxygen atoms in total. The minimum Gasteiger partial charge on any atom is -0.756 e. The smallest absolute Gasteiger partial charge is 0.306 e. The summed E-state index contributed by atoms with van der Waals surface area (Å²) in [6.45, 7) is 5.33. The van der Waals surface area contributed by atoms with Crippen LogP contribution in [0.5, 0.6) is 0 Å². The molecule has 278 valence electrons. The molecule has 47 heavy (non-hydrogen) atoms. The van der Waals surface area contributed by atoms with Crippen LogP contribution in [-0.2, 0) is 27.9 Å². The normalized spacial score (nSPS) is 14.3. The van der Waals surface area contributed by atoms with Crippen molar-refractivity contribution in [3.8, 4) is 0 Å². The van der Waals surface area contributed by atoms with Crippen LogP contribution in [0, 0.1) is 0 Å². The second-order valence-electron chi connectivity index (χ2n) is 13.9. The van der Waals surface area contributed by atoms with Crippen molar-refractivity contribution in [2.45, 2.75) is 161 Å². The first-order valence-corrected chi connectivity index (χ1v) is 20.5. The fourth-order valence-corrected chi connectivity index (χ4v) is 5.70. The van der Waals surface area contributed by atoms with E-state index in [9.17, 15) is 14.3 Å². The maximum atomic E-state index is 12.6. The van der Waals surface area contributed by atoms with Crippen LogP contribution < -0.4 is 4.89 Å². The lowest BCUT2D eigenvalue weighted by Gasteiger charge is -2.28. The van der Waals surface area contributed by atoms with Gasteiger partial charge in [0.05, 0.1) is 34.4 Å². The van der Waals surface area contributed by atoms with Crippen LogP contribution in [0.25, 0.3) is 0 Å². The van der Waals surface area contributed by atoms with Crippen LogP contribution in [0.15, 0.2) is 24.3 Å². The zero-order valence-electron chi connectivity index (χ0n) is 31.2. The Morgan fingerprint density at radius 1 is 0.660 bits per heavy atom.